The van der Waals surface area contributed by atoms with Crippen molar-refractivity contribution in [2.75, 3.05) is 0 Å². The summed E-state index contributed by atoms with van der Waals surface area (Å²) in [6.07, 6.45) is 2.51. The zero-order valence-electron chi connectivity index (χ0n) is 9.96. The van der Waals surface area contributed by atoms with Gasteiger partial charge < -0.3 is 10.1 Å². The molecular formula is C14H15NO3. The average Bonchev–Trinajstić information content (AvgIpc) is 2.39. The molecule has 0 heterocycles. The van der Waals surface area contributed by atoms with E-state index in [1.165, 1.54) is 0 Å². The van der Waals surface area contributed by atoms with E-state index in [1.807, 2.05) is 30.3 Å². The van der Waals surface area contributed by atoms with E-state index in [2.05, 4.69) is 18.5 Å². The Balaban J connectivity index is 2.76. The number of carbonyl (C=O) groups excluding carboxylic acids is 2. The Hall–Kier alpha value is -2.36. The first-order valence-electron chi connectivity index (χ1n) is 5.45. The molecule has 1 N–H and O–H groups in total. The van der Waals surface area contributed by atoms with Crippen LogP contribution in [0.4, 0.5) is 0 Å². The molecule has 18 heavy (non-hydrogen) atoms. The Bertz CT molecular complexity index is 440. The molecule has 0 spiro atoms. The van der Waals surface area contributed by atoms with Gasteiger partial charge in [-0.15, -0.1) is 0 Å². The van der Waals surface area contributed by atoms with E-state index >= 15 is 0 Å². The molecule has 0 aliphatic heterocycles. The van der Waals surface area contributed by atoms with Crippen molar-refractivity contribution in [2.24, 2.45) is 0 Å². The first-order chi connectivity index (χ1) is 8.67. The number of benzene rings is 1. The van der Waals surface area contributed by atoms with Crippen LogP contribution < -0.4 is 5.32 Å². The largest absolute Gasteiger partial charge is 0.434 e. The highest BCUT2D eigenvalue weighted by Crippen LogP contribution is 2.05. The maximum Gasteiger partial charge on any atom is 0.333 e. The van der Waals surface area contributed by atoms with Gasteiger partial charge in [-0.2, -0.15) is 0 Å². The summed E-state index contributed by atoms with van der Waals surface area (Å²) in [6, 6.07) is 8.59. The molecule has 0 saturated carbocycles. The Kier molecular flexibility index (Phi) is 5.38. The number of ether oxygens (including phenoxy) is 1. The molecular weight excluding hydrogens is 230 g/mol. The predicted molar refractivity (Wildman–Crippen MR) is 68.6 cm³/mol. The standard InChI is InChI=1S/C14H15NO3/c1-3-13(16)15-12(14(17)18-4-2)10-11-8-6-5-7-9-11/h3-9,12H,1-2,10H2,(H,15,16). The quantitative estimate of drug-likeness (QED) is 0.470. The van der Waals surface area contributed by atoms with Gasteiger partial charge in [-0.05, 0) is 11.6 Å². The van der Waals surface area contributed by atoms with Crippen LogP contribution in [0.15, 0.2) is 55.8 Å². The van der Waals surface area contributed by atoms with Gasteiger partial charge in [-0.3, -0.25) is 4.79 Å². The summed E-state index contributed by atoms with van der Waals surface area (Å²) in [4.78, 5) is 22.9. The number of rotatable bonds is 6. The van der Waals surface area contributed by atoms with E-state index in [1.54, 1.807) is 0 Å². The van der Waals surface area contributed by atoms with Gasteiger partial charge in [0.15, 0.2) is 0 Å². The van der Waals surface area contributed by atoms with E-state index in [-0.39, 0.29) is 0 Å². The van der Waals surface area contributed by atoms with Crippen LogP contribution in [0, 0.1) is 0 Å². The number of hydrogen-bond acceptors (Lipinski definition) is 3. The Morgan fingerprint density at radius 1 is 1.28 bits per heavy atom. The molecule has 1 aromatic carbocycles. The lowest BCUT2D eigenvalue weighted by atomic mass is 10.1. The van der Waals surface area contributed by atoms with E-state index in [9.17, 15) is 9.59 Å². The molecule has 0 radical (unpaired) electrons. The summed E-state index contributed by atoms with van der Waals surface area (Å²) in [5, 5.41) is 2.52. The second kappa shape index (κ2) is 7.06. The summed E-state index contributed by atoms with van der Waals surface area (Å²) in [5.41, 5.74) is 0.924. The van der Waals surface area contributed by atoms with Crippen molar-refractivity contribution in [3.05, 3.63) is 61.4 Å². The third-order valence-corrected chi connectivity index (χ3v) is 2.27. The minimum Gasteiger partial charge on any atom is -0.434 e. The SMILES string of the molecule is C=COC(=O)C(Cc1ccccc1)NC(=O)C=C. The Labute approximate surface area is 106 Å². The van der Waals surface area contributed by atoms with Gasteiger partial charge in [0.25, 0.3) is 0 Å². The lowest BCUT2D eigenvalue weighted by Crippen LogP contribution is -2.42. The van der Waals surface area contributed by atoms with Gasteiger partial charge in [-0.1, -0.05) is 43.5 Å². The zero-order valence-corrected chi connectivity index (χ0v) is 9.96. The van der Waals surface area contributed by atoms with Crippen LogP contribution in [-0.4, -0.2) is 17.9 Å². The van der Waals surface area contributed by atoms with Gasteiger partial charge in [0.1, 0.15) is 6.04 Å². The highest BCUT2D eigenvalue weighted by atomic mass is 16.5. The lowest BCUT2D eigenvalue weighted by Gasteiger charge is -2.15. The van der Waals surface area contributed by atoms with Crippen molar-refractivity contribution in [2.45, 2.75) is 12.5 Å². The number of esters is 1. The van der Waals surface area contributed by atoms with Crippen LogP contribution in [0.25, 0.3) is 0 Å². The second-order valence-electron chi connectivity index (χ2n) is 3.56. The van der Waals surface area contributed by atoms with Crippen LogP contribution >= 0.6 is 0 Å². The molecule has 0 bridgehead atoms. The molecule has 0 fully saturated rings. The fourth-order valence-corrected chi connectivity index (χ4v) is 1.44. The average molecular weight is 245 g/mol. The first-order valence-corrected chi connectivity index (χ1v) is 5.45. The fourth-order valence-electron chi connectivity index (χ4n) is 1.44. The van der Waals surface area contributed by atoms with E-state index in [0.717, 1.165) is 17.9 Å². The van der Waals surface area contributed by atoms with E-state index in [4.69, 9.17) is 4.74 Å². The maximum absolute atomic E-state index is 11.7. The molecule has 4 heteroatoms. The van der Waals surface area contributed by atoms with E-state index < -0.39 is 17.9 Å². The molecule has 0 saturated heterocycles. The van der Waals surface area contributed by atoms with Crippen LogP contribution in [0.3, 0.4) is 0 Å². The summed E-state index contributed by atoms with van der Waals surface area (Å²) < 4.78 is 4.70. The third-order valence-electron chi connectivity index (χ3n) is 2.27. The molecule has 1 atom stereocenters. The van der Waals surface area contributed by atoms with Gasteiger partial charge in [0.05, 0.1) is 6.26 Å². The van der Waals surface area contributed by atoms with Crippen molar-refractivity contribution < 1.29 is 14.3 Å². The summed E-state index contributed by atoms with van der Waals surface area (Å²) in [5.74, 6) is -0.971. The topological polar surface area (TPSA) is 55.4 Å². The van der Waals surface area contributed by atoms with Crippen LogP contribution in [0.5, 0.6) is 0 Å². The molecule has 0 aliphatic rings. The molecule has 0 aromatic heterocycles. The molecule has 0 aliphatic carbocycles. The lowest BCUT2D eigenvalue weighted by molar-refractivity contribution is -0.142. The molecule has 1 amide bonds. The van der Waals surface area contributed by atoms with Crippen molar-refractivity contribution >= 4 is 11.9 Å². The van der Waals surface area contributed by atoms with Crippen molar-refractivity contribution in [3.8, 4) is 0 Å². The Morgan fingerprint density at radius 3 is 2.50 bits per heavy atom. The maximum atomic E-state index is 11.7. The summed E-state index contributed by atoms with van der Waals surface area (Å²) in [6.45, 7) is 6.66. The van der Waals surface area contributed by atoms with Gasteiger partial charge in [-0.25, -0.2) is 4.79 Å². The van der Waals surface area contributed by atoms with Gasteiger partial charge in [0, 0.05) is 6.42 Å². The fraction of sp³-hybridized carbons (Fsp3) is 0.143. The van der Waals surface area contributed by atoms with E-state index in [0.29, 0.717) is 6.42 Å². The highest BCUT2D eigenvalue weighted by molar-refractivity contribution is 5.91. The monoisotopic (exact) mass is 245 g/mol. The number of nitrogens with one attached hydrogen (secondary N) is 1. The number of hydrogen-bond donors (Lipinski definition) is 1. The molecule has 4 nitrogen and oxygen atoms in total. The molecule has 1 unspecified atom stereocenters. The Morgan fingerprint density at radius 2 is 1.94 bits per heavy atom. The molecule has 1 aromatic rings. The minimum absolute atomic E-state index is 0.354. The zero-order chi connectivity index (χ0) is 13.4. The summed E-state index contributed by atoms with van der Waals surface area (Å²) in [7, 11) is 0. The third kappa shape index (κ3) is 4.25. The second-order valence-corrected chi connectivity index (χ2v) is 3.56. The van der Waals surface area contributed by atoms with Crippen molar-refractivity contribution in [3.63, 3.8) is 0 Å². The first kappa shape index (κ1) is 13.7. The normalized spacial score (nSPS) is 11.1. The van der Waals surface area contributed by atoms with Crippen molar-refractivity contribution in [1.29, 1.82) is 0 Å². The van der Waals surface area contributed by atoms with Gasteiger partial charge in [0.2, 0.25) is 5.91 Å². The summed E-state index contributed by atoms with van der Waals surface area (Å²) >= 11 is 0. The van der Waals surface area contributed by atoms with Crippen molar-refractivity contribution in [1.82, 2.24) is 5.32 Å². The van der Waals surface area contributed by atoms with Crippen LogP contribution in [-0.2, 0) is 20.7 Å². The van der Waals surface area contributed by atoms with Crippen LogP contribution in [0.1, 0.15) is 5.56 Å². The van der Waals surface area contributed by atoms with Gasteiger partial charge >= 0.3 is 5.97 Å². The number of carbonyl (C=O) groups is 2. The molecule has 94 valence electrons. The minimum atomic E-state index is -0.754. The predicted octanol–water partition coefficient (Wildman–Crippen LogP) is 1.59. The van der Waals surface area contributed by atoms with Crippen LogP contribution in [0.2, 0.25) is 0 Å². The molecule has 1 rings (SSSR count). The highest BCUT2D eigenvalue weighted by Gasteiger charge is 2.21. The smallest absolute Gasteiger partial charge is 0.333 e. The number of amides is 1.